The molecule has 1 unspecified atom stereocenters. The van der Waals surface area contributed by atoms with E-state index in [1.807, 2.05) is 13.8 Å². The van der Waals surface area contributed by atoms with Crippen molar-refractivity contribution in [3.05, 3.63) is 35.0 Å². The zero-order chi connectivity index (χ0) is 13.8. The van der Waals surface area contributed by atoms with Crippen LogP contribution in [0.1, 0.15) is 24.4 Å². The van der Waals surface area contributed by atoms with Crippen LogP contribution in [0.15, 0.2) is 33.6 Å². The largest absolute Gasteiger partial charge is 0.444 e. The Bertz CT molecular complexity index is 536. The van der Waals surface area contributed by atoms with Gasteiger partial charge < -0.3 is 9.73 Å². The van der Waals surface area contributed by atoms with Crippen LogP contribution in [0.2, 0.25) is 0 Å². The number of nitrogens with one attached hydrogen (secondary N) is 1. The Morgan fingerprint density at radius 3 is 2.84 bits per heavy atom. The fraction of sp³-hybridized carbons (Fsp3) is 0.417. The number of carbonyl (C=O) groups is 1. The van der Waals surface area contributed by atoms with Crippen LogP contribution in [-0.2, 0) is 6.54 Å². The van der Waals surface area contributed by atoms with Crippen LogP contribution in [0.5, 0.6) is 0 Å². The monoisotopic (exact) mass is 326 g/mol. The summed E-state index contributed by atoms with van der Waals surface area (Å²) in [6, 6.07) is 3.28. The summed E-state index contributed by atoms with van der Waals surface area (Å²) in [4.78, 5) is 12.0. The van der Waals surface area contributed by atoms with Crippen molar-refractivity contribution in [1.82, 2.24) is 20.3 Å². The molecule has 2 heterocycles. The summed E-state index contributed by atoms with van der Waals surface area (Å²) < 4.78 is 7.47. The van der Waals surface area contributed by atoms with Gasteiger partial charge in [0.25, 0.3) is 5.91 Å². The molecule has 0 aliphatic carbocycles. The van der Waals surface area contributed by atoms with Crippen LogP contribution < -0.4 is 5.32 Å². The minimum atomic E-state index is -0.232. The Balaban J connectivity index is 2.02. The Kier molecular flexibility index (Phi) is 4.36. The molecular formula is C12H15BrN4O2. The molecule has 0 spiro atoms. The van der Waals surface area contributed by atoms with E-state index >= 15 is 0 Å². The van der Waals surface area contributed by atoms with Crippen LogP contribution in [0.3, 0.4) is 0 Å². The van der Waals surface area contributed by atoms with Gasteiger partial charge in [0, 0.05) is 6.20 Å². The molecule has 2 rings (SSSR count). The van der Waals surface area contributed by atoms with Gasteiger partial charge in [-0.2, -0.15) is 0 Å². The molecule has 0 aliphatic heterocycles. The van der Waals surface area contributed by atoms with Crippen LogP contribution in [0.4, 0.5) is 0 Å². The van der Waals surface area contributed by atoms with Crippen LogP contribution in [0, 0.1) is 5.92 Å². The van der Waals surface area contributed by atoms with E-state index in [1.165, 1.54) is 0 Å². The first-order valence-electron chi connectivity index (χ1n) is 5.96. The van der Waals surface area contributed by atoms with E-state index in [0.717, 1.165) is 0 Å². The van der Waals surface area contributed by atoms with Crippen molar-refractivity contribution in [3.63, 3.8) is 0 Å². The van der Waals surface area contributed by atoms with E-state index < -0.39 is 0 Å². The lowest BCUT2D eigenvalue weighted by atomic mass is 10.0. The van der Waals surface area contributed by atoms with E-state index in [9.17, 15) is 4.79 Å². The maximum absolute atomic E-state index is 12.0. The SMILES string of the molecule is CC(C)C(Cn1ccnn1)NC(=O)c1ccc(Br)o1. The van der Waals surface area contributed by atoms with Gasteiger partial charge in [-0.15, -0.1) is 5.10 Å². The zero-order valence-corrected chi connectivity index (χ0v) is 12.3. The Morgan fingerprint density at radius 1 is 1.53 bits per heavy atom. The summed E-state index contributed by atoms with van der Waals surface area (Å²) in [5.41, 5.74) is 0. The third kappa shape index (κ3) is 3.66. The molecule has 1 amide bonds. The molecule has 0 saturated heterocycles. The van der Waals surface area contributed by atoms with E-state index in [2.05, 4.69) is 31.6 Å². The summed E-state index contributed by atoms with van der Waals surface area (Å²) in [5, 5.41) is 10.6. The first kappa shape index (κ1) is 13.8. The predicted octanol–water partition coefficient (Wildman–Crippen LogP) is 2.09. The highest BCUT2D eigenvalue weighted by Gasteiger charge is 2.20. The van der Waals surface area contributed by atoms with Gasteiger partial charge in [-0.25, -0.2) is 0 Å². The number of rotatable bonds is 5. The van der Waals surface area contributed by atoms with E-state index in [-0.39, 0.29) is 23.6 Å². The second-order valence-corrected chi connectivity index (χ2v) is 5.33. The minimum absolute atomic E-state index is 0.0434. The molecule has 2 aromatic heterocycles. The van der Waals surface area contributed by atoms with Crippen molar-refractivity contribution >= 4 is 21.8 Å². The van der Waals surface area contributed by atoms with Gasteiger partial charge >= 0.3 is 0 Å². The molecule has 102 valence electrons. The minimum Gasteiger partial charge on any atom is -0.444 e. The quantitative estimate of drug-likeness (QED) is 0.913. The lowest BCUT2D eigenvalue weighted by molar-refractivity contribution is 0.0889. The summed E-state index contributed by atoms with van der Waals surface area (Å²) in [6.45, 7) is 4.66. The van der Waals surface area contributed by atoms with Gasteiger partial charge in [-0.05, 0) is 34.0 Å². The molecule has 1 N–H and O–H groups in total. The molecule has 0 aromatic carbocycles. The van der Waals surface area contributed by atoms with Crippen molar-refractivity contribution in [2.45, 2.75) is 26.4 Å². The molecule has 0 fully saturated rings. The third-order valence-electron chi connectivity index (χ3n) is 2.77. The standard InChI is InChI=1S/C12H15BrN4O2/c1-8(2)9(7-17-6-5-14-16-17)15-12(18)10-3-4-11(13)19-10/h3-6,8-9H,7H2,1-2H3,(H,15,18). The molecule has 7 heteroatoms. The lowest BCUT2D eigenvalue weighted by Crippen LogP contribution is -2.41. The highest BCUT2D eigenvalue weighted by Crippen LogP contribution is 2.14. The first-order chi connectivity index (χ1) is 9.06. The van der Waals surface area contributed by atoms with Crippen LogP contribution in [0.25, 0.3) is 0 Å². The van der Waals surface area contributed by atoms with Crippen molar-refractivity contribution in [1.29, 1.82) is 0 Å². The smallest absolute Gasteiger partial charge is 0.287 e. The van der Waals surface area contributed by atoms with Gasteiger partial charge in [0.05, 0.1) is 18.8 Å². The topological polar surface area (TPSA) is 73.0 Å². The summed E-state index contributed by atoms with van der Waals surface area (Å²) in [5.74, 6) is 0.326. The second kappa shape index (κ2) is 6.01. The molecule has 0 aliphatic rings. The fourth-order valence-electron chi connectivity index (χ4n) is 1.63. The Morgan fingerprint density at radius 2 is 2.32 bits per heavy atom. The third-order valence-corrected chi connectivity index (χ3v) is 3.20. The van der Waals surface area contributed by atoms with E-state index in [1.54, 1.807) is 29.2 Å². The number of halogens is 1. The van der Waals surface area contributed by atoms with Gasteiger partial charge in [0.2, 0.25) is 0 Å². The van der Waals surface area contributed by atoms with Gasteiger partial charge in [-0.3, -0.25) is 9.48 Å². The van der Waals surface area contributed by atoms with Crippen molar-refractivity contribution in [2.24, 2.45) is 5.92 Å². The molecule has 19 heavy (non-hydrogen) atoms. The van der Waals surface area contributed by atoms with Crippen molar-refractivity contribution in [2.75, 3.05) is 0 Å². The number of nitrogens with zero attached hydrogens (tertiary/aromatic N) is 3. The number of hydrogen-bond donors (Lipinski definition) is 1. The molecular weight excluding hydrogens is 312 g/mol. The number of carbonyl (C=O) groups excluding carboxylic acids is 1. The Labute approximate surface area is 119 Å². The highest BCUT2D eigenvalue weighted by atomic mass is 79.9. The molecule has 1 atom stereocenters. The summed E-state index contributed by atoms with van der Waals surface area (Å²) in [6.07, 6.45) is 3.38. The van der Waals surface area contributed by atoms with Crippen LogP contribution >= 0.6 is 15.9 Å². The number of hydrogen-bond acceptors (Lipinski definition) is 4. The van der Waals surface area contributed by atoms with Crippen molar-refractivity contribution in [3.8, 4) is 0 Å². The molecule has 6 nitrogen and oxygen atoms in total. The first-order valence-corrected chi connectivity index (χ1v) is 6.76. The Hall–Kier alpha value is -1.63. The van der Waals surface area contributed by atoms with Crippen LogP contribution in [-0.4, -0.2) is 26.9 Å². The van der Waals surface area contributed by atoms with Gasteiger partial charge in [-0.1, -0.05) is 19.1 Å². The van der Waals surface area contributed by atoms with E-state index in [4.69, 9.17) is 4.42 Å². The zero-order valence-electron chi connectivity index (χ0n) is 10.7. The molecule has 2 aromatic rings. The fourth-order valence-corrected chi connectivity index (χ4v) is 1.94. The van der Waals surface area contributed by atoms with Gasteiger partial charge in [0.15, 0.2) is 10.4 Å². The number of aromatic nitrogens is 3. The summed E-state index contributed by atoms with van der Waals surface area (Å²) >= 11 is 3.18. The maximum atomic E-state index is 12.0. The molecule has 0 saturated carbocycles. The average Bonchev–Trinajstić information content (AvgIpc) is 2.99. The lowest BCUT2D eigenvalue weighted by Gasteiger charge is -2.21. The predicted molar refractivity (Wildman–Crippen MR) is 72.5 cm³/mol. The van der Waals surface area contributed by atoms with E-state index in [0.29, 0.717) is 11.2 Å². The summed E-state index contributed by atoms with van der Waals surface area (Å²) in [7, 11) is 0. The van der Waals surface area contributed by atoms with Gasteiger partial charge in [0.1, 0.15) is 0 Å². The maximum Gasteiger partial charge on any atom is 0.287 e. The average molecular weight is 327 g/mol. The number of furan rings is 1. The number of amides is 1. The molecule has 0 radical (unpaired) electrons. The second-order valence-electron chi connectivity index (χ2n) is 4.55. The van der Waals surface area contributed by atoms with Crippen molar-refractivity contribution < 1.29 is 9.21 Å². The highest BCUT2D eigenvalue weighted by molar-refractivity contribution is 9.10. The molecule has 0 bridgehead atoms. The normalized spacial score (nSPS) is 12.6.